The van der Waals surface area contributed by atoms with E-state index in [9.17, 15) is 0 Å². The summed E-state index contributed by atoms with van der Waals surface area (Å²) in [6.45, 7) is 13.3. The minimum Gasteiger partial charge on any atom is -0.378 e. The van der Waals surface area contributed by atoms with Gasteiger partial charge in [-0.15, -0.1) is 11.6 Å². The van der Waals surface area contributed by atoms with E-state index >= 15 is 0 Å². The van der Waals surface area contributed by atoms with Crippen LogP contribution < -0.4 is 0 Å². The summed E-state index contributed by atoms with van der Waals surface area (Å²) in [5, 5.41) is 0. The van der Waals surface area contributed by atoms with Gasteiger partial charge in [0, 0.05) is 5.88 Å². The van der Waals surface area contributed by atoms with Crippen LogP contribution in [0, 0.1) is 0 Å². The van der Waals surface area contributed by atoms with Crippen molar-refractivity contribution in [3.8, 4) is 0 Å². The fourth-order valence-corrected chi connectivity index (χ4v) is 2.15. The predicted octanol–water partition coefficient (Wildman–Crippen LogP) is 1.78. The Balaban J connectivity index is 2.99. The first-order chi connectivity index (χ1) is 15.3. The van der Waals surface area contributed by atoms with Gasteiger partial charge < -0.3 is 42.6 Å². The highest BCUT2D eigenvalue weighted by Crippen LogP contribution is 1.88. The molecule has 0 heterocycles. The molecular formula is C21H43ClO9. The fraction of sp³-hybridized carbons (Fsp3) is 1.00. The molecule has 0 aliphatic heterocycles. The summed E-state index contributed by atoms with van der Waals surface area (Å²) in [6, 6.07) is 0. The first-order valence-electron chi connectivity index (χ1n) is 11.1. The molecule has 0 bridgehead atoms. The van der Waals surface area contributed by atoms with Gasteiger partial charge in [-0.3, -0.25) is 0 Å². The molecule has 0 aliphatic carbocycles. The van der Waals surface area contributed by atoms with Crippen molar-refractivity contribution in [2.45, 2.75) is 20.0 Å². The van der Waals surface area contributed by atoms with Crippen molar-refractivity contribution in [2.24, 2.45) is 0 Å². The molecule has 0 aromatic heterocycles. The Morgan fingerprint density at radius 2 is 0.613 bits per heavy atom. The van der Waals surface area contributed by atoms with E-state index in [0.717, 1.165) is 0 Å². The van der Waals surface area contributed by atoms with Gasteiger partial charge in [-0.1, -0.05) is 0 Å². The van der Waals surface area contributed by atoms with Crippen molar-refractivity contribution in [2.75, 3.05) is 118 Å². The summed E-state index contributed by atoms with van der Waals surface area (Å²) in [5.41, 5.74) is 0. The number of hydrogen-bond acceptors (Lipinski definition) is 9. The second kappa shape index (κ2) is 28.0. The fourth-order valence-electron chi connectivity index (χ4n) is 2.04. The number of halogens is 1. The van der Waals surface area contributed by atoms with Crippen LogP contribution in [0.3, 0.4) is 0 Å². The summed E-state index contributed by atoms with van der Waals surface area (Å²) in [7, 11) is 0. The number of ether oxygens (including phenoxy) is 9. The zero-order valence-electron chi connectivity index (χ0n) is 19.4. The molecule has 0 saturated heterocycles. The molecule has 31 heavy (non-hydrogen) atoms. The lowest BCUT2D eigenvalue weighted by Gasteiger charge is -2.09. The topological polar surface area (TPSA) is 83.1 Å². The Morgan fingerprint density at radius 3 is 0.839 bits per heavy atom. The molecule has 0 saturated carbocycles. The van der Waals surface area contributed by atoms with Crippen molar-refractivity contribution in [3.63, 3.8) is 0 Å². The number of rotatable bonds is 27. The molecule has 10 heteroatoms. The van der Waals surface area contributed by atoms with Gasteiger partial charge in [-0.2, -0.15) is 0 Å². The van der Waals surface area contributed by atoms with Crippen LogP contribution in [0.15, 0.2) is 0 Å². The zero-order chi connectivity index (χ0) is 22.7. The summed E-state index contributed by atoms with van der Waals surface area (Å²) in [4.78, 5) is 0. The highest BCUT2D eigenvalue weighted by atomic mass is 35.5. The highest BCUT2D eigenvalue weighted by Gasteiger charge is 1.96. The second-order valence-electron chi connectivity index (χ2n) is 6.51. The molecule has 0 spiro atoms. The predicted molar refractivity (Wildman–Crippen MR) is 118 cm³/mol. The molecule has 0 unspecified atom stereocenters. The van der Waals surface area contributed by atoms with Gasteiger partial charge in [0.25, 0.3) is 0 Å². The lowest BCUT2D eigenvalue weighted by molar-refractivity contribution is -0.0267. The van der Waals surface area contributed by atoms with Crippen LogP contribution in [0.4, 0.5) is 0 Å². The third kappa shape index (κ3) is 29.9. The van der Waals surface area contributed by atoms with E-state index in [-0.39, 0.29) is 6.10 Å². The first kappa shape index (κ1) is 30.9. The van der Waals surface area contributed by atoms with Crippen molar-refractivity contribution in [1.29, 1.82) is 0 Å². The Morgan fingerprint density at radius 1 is 0.387 bits per heavy atom. The monoisotopic (exact) mass is 474 g/mol. The second-order valence-corrected chi connectivity index (χ2v) is 6.89. The lowest BCUT2D eigenvalue weighted by Crippen LogP contribution is -2.15. The van der Waals surface area contributed by atoms with Crippen molar-refractivity contribution >= 4 is 11.6 Å². The largest absolute Gasteiger partial charge is 0.378 e. The normalized spacial score (nSPS) is 11.6. The Kier molecular flexibility index (Phi) is 27.9. The minimum absolute atomic E-state index is 0.238. The third-order valence-corrected chi connectivity index (χ3v) is 3.66. The summed E-state index contributed by atoms with van der Waals surface area (Å²) >= 11 is 5.49. The highest BCUT2D eigenvalue weighted by molar-refractivity contribution is 6.17. The quantitative estimate of drug-likeness (QED) is 0.131. The molecule has 0 aromatic rings. The van der Waals surface area contributed by atoms with Crippen LogP contribution in [0.25, 0.3) is 0 Å². The molecule has 0 fully saturated rings. The van der Waals surface area contributed by atoms with E-state index in [1.165, 1.54) is 0 Å². The standard InChI is InChI=1S/C21H43ClO9/c1-21(2)31-20-19-30-18-17-29-16-15-28-14-13-27-12-11-26-10-9-25-8-7-24-6-5-23-4-3-22/h21H,3-20H2,1-2H3. The van der Waals surface area contributed by atoms with E-state index in [2.05, 4.69) is 0 Å². The van der Waals surface area contributed by atoms with E-state index in [1.54, 1.807) is 0 Å². The molecule has 9 nitrogen and oxygen atoms in total. The van der Waals surface area contributed by atoms with Gasteiger partial charge in [0.2, 0.25) is 0 Å². The Labute approximate surface area is 192 Å². The zero-order valence-corrected chi connectivity index (χ0v) is 20.1. The SMILES string of the molecule is CC(C)OCCOCCOCCOCCOCCOCCOCCOCCOCCCl. The van der Waals surface area contributed by atoms with E-state index in [1.807, 2.05) is 13.8 Å². The first-order valence-corrected chi connectivity index (χ1v) is 11.6. The average Bonchev–Trinajstić information content (AvgIpc) is 2.76. The van der Waals surface area contributed by atoms with Crippen LogP contribution >= 0.6 is 11.6 Å². The van der Waals surface area contributed by atoms with Gasteiger partial charge in [0.1, 0.15) is 0 Å². The molecule has 0 radical (unpaired) electrons. The van der Waals surface area contributed by atoms with E-state index < -0.39 is 0 Å². The molecular weight excluding hydrogens is 432 g/mol. The van der Waals surface area contributed by atoms with Gasteiger partial charge in [-0.05, 0) is 13.8 Å². The van der Waals surface area contributed by atoms with Crippen LogP contribution in [0.1, 0.15) is 13.8 Å². The molecule has 0 N–H and O–H groups in total. The van der Waals surface area contributed by atoms with Crippen molar-refractivity contribution in [3.05, 3.63) is 0 Å². The van der Waals surface area contributed by atoms with Crippen LogP contribution in [-0.4, -0.2) is 124 Å². The summed E-state index contributed by atoms with van der Waals surface area (Å²) < 4.78 is 48.4. The number of alkyl halides is 1. The third-order valence-electron chi connectivity index (χ3n) is 3.50. The maximum atomic E-state index is 5.49. The molecule has 188 valence electrons. The maximum Gasteiger partial charge on any atom is 0.0703 e. The van der Waals surface area contributed by atoms with Crippen LogP contribution in [-0.2, 0) is 42.6 Å². The minimum atomic E-state index is 0.238. The Bertz CT molecular complexity index is 325. The average molecular weight is 475 g/mol. The summed E-state index contributed by atoms with van der Waals surface area (Å²) in [6.07, 6.45) is 0.238. The molecule has 0 rings (SSSR count). The smallest absolute Gasteiger partial charge is 0.0703 e. The van der Waals surface area contributed by atoms with E-state index in [4.69, 9.17) is 54.2 Å². The Hall–Kier alpha value is -0.0700. The molecule has 0 amide bonds. The lowest BCUT2D eigenvalue weighted by atomic mass is 10.5. The van der Waals surface area contributed by atoms with Crippen LogP contribution in [0.5, 0.6) is 0 Å². The maximum absolute atomic E-state index is 5.49. The molecule has 0 atom stereocenters. The molecule has 0 aromatic carbocycles. The van der Waals surface area contributed by atoms with Crippen molar-refractivity contribution < 1.29 is 42.6 Å². The summed E-state index contributed by atoms with van der Waals surface area (Å²) in [5.74, 6) is 0.504. The number of hydrogen-bond donors (Lipinski definition) is 0. The van der Waals surface area contributed by atoms with Crippen molar-refractivity contribution in [1.82, 2.24) is 0 Å². The van der Waals surface area contributed by atoms with Gasteiger partial charge >= 0.3 is 0 Å². The van der Waals surface area contributed by atoms with Gasteiger partial charge in [-0.25, -0.2) is 0 Å². The van der Waals surface area contributed by atoms with Gasteiger partial charge in [0.15, 0.2) is 0 Å². The van der Waals surface area contributed by atoms with Crippen LogP contribution in [0.2, 0.25) is 0 Å². The van der Waals surface area contributed by atoms with E-state index in [0.29, 0.717) is 118 Å². The van der Waals surface area contributed by atoms with Gasteiger partial charge in [0.05, 0.1) is 118 Å². The molecule has 0 aliphatic rings.